The van der Waals surface area contributed by atoms with Crippen LogP contribution < -0.4 is 0 Å². The molecule has 0 aliphatic heterocycles. The van der Waals surface area contributed by atoms with Gasteiger partial charge in [-0.15, -0.1) is 0 Å². The van der Waals surface area contributed by atoms with Crippen LogP contribution in [0.4, 0.5) is 5.69 Å². The van der Waals surface area contributed by atoms with E-state index in [0.29, 0.717) is 0 Å². The van der Waals surface area contributed by atoms with Crippen molar-refractivity contribution in [2.24, 2.45) is 5.41 Å². The lowest BCUT2D eigenvalue weighted by Crippen LogP contribution is -2.09. The summed E-state index contributed by atoms with van der Waals surface area (Å²) in [5.74, 6) is 0. The van der Waals surface area contributed by atoms with E-state index in [-0.39, 0.29) is 5.41 Å². The van der Waals surface area contributed by atoms with Crippen molar-refractivity contribution in [3.05, 3.63) is 38.7 Å². The minimum absolute atomic E-state index is 0.281. The van der Waals surface area contributed by atoms with Gasteiger partial charge in [0.05, 0.1) is 6.57 Å². The molecule has 0 saturated heterocycles. The van der Waals surface area contributed by atoms with Crippen molar-refractivity contribution in [1.82, 2.24) is 0 Å². The fraction of sp³-hybridized carbons (Fsp3) is 0.417. The summed E-state index contributed by atoms with van der Waals surface area (Å²) in [5, 5.41) is 0. The maximum absolute atomic E-state index is 6.99. The fourth-order valence-corrected chi connectivity index (χ4v) is 2.13. The van der Waals surface area contributed by atoms with E-state index in [1.807, 2.05) is 12.1 Å². The zero-order chi connectivity index (χ0) is 10.8. The van der Waals surface area contributed by atoms with Crippen LogP contribution in [0.15, 0.2) is 18.2 Å². The Hall–Kier alpha value is -0.560. The molecule has 0 spiro atoms. The van der Waals surface area contributed by atoms with E-state index in [1.165, 1.54) is 5.56 Å². The van der Waals surface area contributed by atoms with E-state index < -0.39 is 0 Å². The van der Waals surface area contributed by atoms with Crippen molar-refractivity contribution < 1.29 is 0 Å². The third-order valence-electron chi connectivity index (χ3n) is 1.81. The summed E-state index contributed by atoms with van der Waals surface area (Å²) in [5.41, 5.74) is 2.29. The molecule has 0 aliphatic carbocycles. The summed E-state index contributed by atoms with van der Waals surface area (Å²) in [6.07, 6.45) is 1.02. The zero-order valence-corrected chi connectivity index (χ0v) is 10.9. The summed E-state index contributed by atoms with van der Waals surface area (Å²) >= 11 is 2.26. The van der Waals surface area contributed by atoms with Crippen LogP contribution in [0.3, 0.4) is 0 Å². The first-order chi connectivity index (χ1) is 6.40. The molecule has 0 radical (unpaired) electrons. The molecule has 14 heavy (non-hydrogen) atoms. The van der Waals surface area contributed by atoms with Crippen molar-refractivity contribution in [1.29, 1.82) is 0 Å². The van der Waals surface area contributed by atoms with Gasteiger partial charge in [-0.25, -0.2) is 4.85 Å². The van der Waals surface area contributed by atoms with E-state index >= 15 is 0 Å². The molecule has 1 aromatic rings. The SMILES string of the molecule is [C-]#[N+]c1cc(I)cc(CC(C)(C)C)c1. The Morgan fingerprint density at radius 3 is 2.43 bits per heavy atom. The summed E-state index contributed by atoms with van der Waals surface area (Å²) in [7, 11) is 0. The van der Waals surface area contributed by atoms with Crippen LogP contribution in [-0.4, -0.2) is 0 Å². The number of halogens is 1. The molecule has 0 amide bonds. The largest absolute Gasteiger partial charge is 0.238 e. The highest BCUT2D eigenvalue weighted by molar-refractivity contribution is 14.1. The van der Waals surface area contributed by atoms with Crippen molar-refractivity contribution >= 4 is 28.3 Å². The van der Waals surface area contributed by atoms with Gasteiger partial charge >= 0.3 is 0 Å². The third-order valence-corrected chi connectivity index (χ3v) is 2.43. The van der Waals surface area contributed by atoms with Crippen molar-refractivity contribution in [2.45, 2.75) is 27.2 Å². The first-order valence-corrected chi connectivity index (χ1v) is 5.65. The molecular weight excluding hydrogens is 285 g/mol. The molecular formula is C12H14IN. The Balaban J connectivity index is 3.00. The topological polar surface area (TPSA) is 4.36 Å². The summed E-state index contributed by atoms with van der Waals surface area (Å²) in [4.78, 5) is 3.47. The van der Waals surface area contributed by atoms with E-state index in [0.717, 1.165) is 15.7 Å². The number of rotatable bonds is 1. The molecule has 0 bridgehead atoms. The number of hydrogen-bond acceptors (Lipinski definition) is 0. The van der Waals surface area contributed by atoms with Gasteiger partial charge in [0.1, 0.15) is 0 Å². The van der Waals surface area contributed by atoms with Gasteiger partial charge in [0.25, 0.3) is 0 Å². The van der Waals surface area contributed by atoms with E-state index in [1.54, 1.807) is 0 Å². The van der Waals surface area contributed by atoms with Crippen LogP contribution >= 0.6 is 22.6 Å². The lowest BCUT2D eigenvalue weighted by Gasteiger charge is -2.18. The molecule has 0 aliphatic rings. The number of nitrogens with zero attached hydrogens (tertiary/aromatic N) is 1. The van der Waals surface area contributed by atoms with Crippen LogP contribution in [0.25, 0.3) is 4.85 Å². The molecule has 0 heterocycles. The molecule has 74 valence electrons. The van der Waals surface area contributed by atoms with E-state index in [2.05, 4.69) is 54.3 Å². The first kappa shape index (κ1) is 11.5. The molecule has 0 aromatic heterocycles. The van der Waals surface area contributed by atoms with Gasteiger partial charge in [-0.3, -0.25) is 0 Å². The maximum atomic E-state index is 6.99. The summed E-state index contributed by atoms with van der Waals surface area (Å²) in [6, 6.07) is 6.06. The second-order valence-electron chi connectivity index (χ2n) is 4.67. The van der Waals surface area contributed by atoms with Gasteiger partial charge < -0.3 is 0 Å². The maximum Gasteiger partial charge on any atom is 0.188 e. The van der Waals surface area contributed by atoms with E-state index in [9.17, 15) is 0 Å². The van der Waals surface area contributed by atoms with Crippen LogP contribution in [0.5, 0.6) is 0 Å². The predicted molar refractivity (Wildman–Crippen MR) is 68.6 cm³/mol. The van der Waals surface area contributed by atoms with Gasteiger partial charge in [-0.1, -0.05) is 32.4 Å². The molecule has 1 rings (SSSR count). The molecule has 0 fully saturated rings. The second kappa shape index (κ2) is 4.31. The van der Waals surface area contributed by atoms with Gasteiger partial charge in [0, 0.05) is 3.57 Å². The average Bonchev–Trinajstić information content (AvgIpc) is 1.99. The number of hydrogen-bond donors (Lipinski definition) is 0. The Morgan fingerprint density at radius 2 is 1.93 bits per heavy atom. The Kier molecular flexibility index (Phi) is 3.54. The van der Waals surface area contributed by atoms with E-state index in [4.69, 9.17) is 6.57 Å². The monoisotopic (exact) mass is 299 g/mol. The highest BCUT2D eigenvalue weighted by Crippen LogP contribution is 2.25. The molecule has 0 saturated carbocycles. The molecule has 0 unspecified atom stereocenters. The van der Waals surface area contributed by atoms with Crippen molar-refractivity contribution in [3.8, 4) is 0 Å². The van der Waals surface area contributed by atoms with Crippen LogP contribution in [0, 0.1) is 15.6 Å². The number of benzene rings is 1. The first-order valence-electron chi connectivity index (χ1n) is 4.58. The van der Waals surface area contributed by atoms with Crippen LogP contribution in [0.2, 0.25) is 0 Å². The highest BCUT2D eigenvalue weighted by Gasteiger charge is 2.11. The molecule has 1 aromatic carbocycles. The van der Waals surface area contributed by atoms with Gasteiger partial charge in [-0.05, 0) is 46.6 Å². The third kappa shape index (κ3) is 3.67. The summed E-state index contributed by atoms with van der Waals surface area (Å²) in [6.45, 7) is 13.6. The lowest BCUT2D eigenvalue weighted by atomic mass is 9.88. The van der Waals surface area contributed by atoms with Gasteiger partial charge in [0.15, 0.2) is 5.69 Å². The van der Waals surface area contributed by atoms with Gasteiger partial charge in [0.2, 0.25) is 0 Å². The standard InChI is InChI=1S/C12H14IN/c1-12(2,3)8-9-5-10(13)7-11(6-9)14-4/h5-7H,8H2,1-3H3. The van der Waals surface area contributed by atoms with Gasteiger partial charge in [-0.2, -0.15) is 0 Å². The summed E-state index contributed by atoms with van der Waals surface area (Å²) < 4.78 is 1.15. The minimum Gasteiger partial charge on any atom is -0.238 e. The highest BCUT2D eigenvalue weighted by atomic mass is 127. The zero-order valence-electron chi connectivity index (χ0n) is 8.76. The quantitative estimate of drug-likeness (QED) is 0.534. The molecule has 0 N–H and O–H groups in total. The Bertz CT molecular complexity index is 369. The van der Waals surface area contributed by atoms with Crippen LogP contribution in [0.1, 0.15) is 26.3 Å². The average molecular weight is 299 g/mol. The second-order valence-corrected chi connectivity index (χ2v) is 5.91. The Morgan fingerprint density at radius 1 is 1.29 bits per heavy atom. The smallest absolute Gasteiger partial charge is 0.188 e. The van der Waals surface area contributed by atoms with Crippen molar-refractivity contribution in [3.63, 3.8) is 0 Å². The molecule has 1 nitrogen and oxygen atoms in total. The van der Waals surface area contributed by atoms with Crippen LogP contribution in [-0.2, 0) is 6.42 Å². The molecule has 2 heteroatoms. The fourth-order valence-electron chi connectivity index (χ4n) is 1.41. The van der Waals surface area contributed by atoms with Crippen molar-refractivity contribution in [2.75, 3.05) is 0 Å². The predicted octanol–water partition coefficient (Wildman–Crippen LogP) is 4.43. The minimum atomic E-state index is 0.281. The lowest BCUT2D eigenvalue weighted by molar-refractivity contribution is 0.411. The Labute approximate surface area is 99.5 Å². The normalized spacial score (nSPS) is 11.1. The molecule has 0 atom stereocenters.